The van der Waals surface area contributed by atoms with Crippen molar-refractivity contribution in [1.82, 2.24) is 19.4 Å². The number of piperazine rings is 1. The van der Waals surface area contributed by atoms with E-state index in [2.05, 4.69) is 20.9 Å². The lowest BCUT2D eigenvalue weighted by atomic mass is 9.84. The molecular formula is C21H26BrFN4O3. The van der Waals surface area contributed by atoms with Crippen LogP contribution in [0.3, 0.4) is 0 Å². The number of aryl methyl sites for hydroxylation is 1. The van der Waals surface area contributed by atoms with E-state index in [0.29, 0.717) is 29.2 Å². The average Bonchev–Trinajstić information content (AvgIpc) is 2.95. The van der Waals surface area contributed by atoms with Crippen molar-refractivity contribution in [2.75, 3.05) is 19.6 Å². The fourth-order valence-electron chi connectivity index (χ4n) is 3.73. The summed E-state index contributed by atoms with van der Waals surface area (Å²) in [5, 5.41) is 9.51. The molecule has 1 N–H and O–H groups in total. The van der Waals surface area contributed by atoms with E-state index in [1.165, 1.54) is 17.0 Å². The molecule has 0 radical (unpaired) electrons. The van der Waals surface area contributed by atoms with Gasteiger partial charge < -0.3 is 19.5 Å². The number of benzene rings is 1. The summed E-state index contributed by atoms with van der Waals surface area (Å²) >= 11 is 3.53. The Morgan fingerprint density at radius 3 is 2.43 bits per heavy atom. The molecule has 1 aliphatic rings. The van der Waals surface area contributed by atoms with Gasteiger partial charge in [0.25, 0.3) is 0 Å². The van der Waals surface area contributed by atoms with Crippen LogP contribution in [0.1, 0.15) is 26.6 Å². The maximum Gasteiger partial charge on any atom is 0.407 e. The molecule has 30 heavy (non-hydrogen) atoms. The fraction of sp³-hybridized carbons (Fsp3) is 0.476. The standard InChI is InChI=1S/C21H26BrFN4O3/c1-13-24-18(14-5-7-15(23)8-6-14)19(22)27(13)12-17(28)25-9-10-26(20(29)30)16(11-25)21(2,3)4/h5-8,16H,9-12H2,1-4H3,(H,29,30). The van der Waals surface area contributed by atoms with E-state index in [9.17, 15) is 19.1 Å². The first-order chi connectivity index (χ1) is 14.0. The summed E-state index contributed by atoms with van der Waals surface area (Å²) in [6.45, 7) is 8.83. The van der Waals surface area contributed by atoms with Gasteiger partial charge in [-0.05, 0) is 52.5 Å². The van der Waals surface area contributed by atoms with Gasteiger partial charge in [0.1, 0.15) is 28.5 Å². The third-order valence-electron chi connectivity index (χ3n) is 5.49. The quantitative estimate of drug-likeness (QED) is 0.719. The second-order valence-corrected chi connectivity index (χ2v) is 9.34. The summed E-state index contributed by atoms with van der Waals surface area (Å²) in [5.74, 6) is 0.238. The number of imidazole rings is 1. The zero-order valence-corrected chi connectivity index (χ0v) is 19.1. The predicted octanol–water partition coefficient (Wildman–Crippen LogP) is 4.00. The Bertz CT molecular complexity index is 952. The van der Waals surface area contributed by atoms with Gasteiger partial charge in [0.05, 0.1) is 6.04 Å². The Kier molecular flexibility index (Phi) is 6.21. The molecule has 2 aromatic rings. The van der Waals surface area contributed by atoms with E-state index in [-0.39, 0.29) is 36.3 Å². The third-order valence-corrected chi connectivity index (χ3v) is 6.29. The molecule has 0 bridgehead atoms. The molecule has 1 aliphatic heterocycles. The zero-order chi connectivity index (χ0) is 22.2. The summed E-state index contributed by atoms with van der Waals surface area (Å²) in [6, 6.07) is 5.75. The smallest absolute Gasteiger partial charge is 0.407 e. The van der Waals surface area contributed by atoms with Gasteiger partial charge in [-0.2, -0.15) is 0 Å². The second kappa shape index (κ2) is 8.37. The van der Waals surface area contributed by atoms with E-state index in [4.69, 9.17) is 0 Å². The molecule has 0 saturated carbocycles. The maximum absolute atomic E-state index is 13.2. The third kappa shape index (κ3) is 4.50. The van der Waals surface area contributed by atoms with E-state index < -0.39 is 6.09 Å². The summed E-state index contributed by atoms with van der Waals surface area (Å²) in [6.07, 6.45) is -0.959. The normalized spacial score (nSPS) is 17.3. The Labute approximate surface area is 183 Å². The Balaban J connectivity index is 1.79. The predicted molar refractivity (Wildman–Crippen MR) is 115 cm³/mol. The van der Waals surface area contributed by atoms with Crippen LogP contribution in [-0.4, -0.2) is 62.1 Å². The van der Waals surface area contributed by atoms with Gasteiger partial charge in [0, 0.05) is 25.2 Å². The molecule has 1 atom stereocenters. The summed E-state index contributed by atoms with van der Waals surface area (Å²) < 4.78 is 15.7. The van der Waals surface area contributed by atoms with Gasteiger partial charge in [0.2, 0.25) is 5.91 Å². The van der Waals surface area contributed by atoms with Gasteiger partial charge in [-0.3, -0.25) is 4.79 Å². The van der Waals surface area contributed by atoms with Crippen molar-refractivity contribution in [2.45, 2.75) is 40.3 Å². The Morgan fingerprint density at radius 1 is 1.23 bits per heavy atom. The van der Waals surface area contributed by atoms with Crippen LogP contribution in [0.15, 0.2) is 28.9 Å². The molecular weight excluding hydrogens is 455 g/mol. The van der Waals surface area contributed by atoms with Gasteiger partial charge in [-0.25, -0.2) is 14.2 Å². The van der Waals surface area contributed by atoms with Crippen LogP contribution in [0.25, 0.3) is 11.3 Å². The number of aromatic nitrogens is 2. The van der Waals surface area contributed by atoms with Crippen molar-refractivity contribution >= 4 is 27.9 Å². The van der Waals surface area contributed by atoms with E-state index >= 15 is 0 Å². The van der Waals surface area contributed by atoms with Crippen molar-refractivity contribution in [3.63, 3.8) is 0 Å². The summed E-state index contributed by atoms with van der Waals surface area (Å²) in [7, 11) is 0. The molecule has 1 saturated heterocycles. The van der Waals surface area contributed by atoms with Crippen LogP contribution in [0.5, 0.6) is 0 Å². The van der Waals surface area contributed by atoms with E-state index in [0.717, 1.165) is 5.56 Å². The molecule has 162 valence electrons. The molecule has 1 unspecified atom stereocenters. The van der Waals surface area contributed by atoms with Gasteiger partial charge in [0.15, 0.2) is 0 Å². The minimum atomic E-state index is -0.959. The first-order valence-corrected chi connectivity index (χ1v) is 10.5. The number of rotatable bonds is 3. The summed E-state index contributed by atoms with van der Waals surface area (Å²) in [5.41, 5.74) is 1.10. The van der Waals surface area contributed by atoms with Crippen LogP contribution in [-0.2, 0) is 11.3 Å². The van der Waals surface area contributed by atoms with Gasteiger partial charge >= 0.3 is 6.09 Å². The van der Waals surface area contributed by atoms with Crippen molar-refractivity contribution in [3.8, 4) is 11.3 Å². The zero-order valence-electron chi connectivity index (χ0n) is 17.5. The van der Waals surface area contributed by atoms with Crippen LogP contribution in [0, 0.1) is 18.2 Å². The Morgan fingerprint density at radius 2 is 1.87 bits per heavy atom. The molecule has 9 heteroatoms. The highest BCUT2D eigenvalue weighted by Gasteiger charge is 2.39. The highest BCUT2D eigenvalue weighted by atomic mass is 79.9. The lowest BCUT2D eigenvalue weighted by Gasteiger charge is -2.46. The maximum atomic E-state index is 13.2. The molecule has 2 amide bonds. The van der Waals surface area contributed by atoms with Crippen molar-refractivity contribution in [3.05, 3.63) is 40.5 Å². The molecule has 3 rings (SSSR count). The van der Waals surface area contributed by atoms with Crippen LogP contribution in [0.2, 0.25) is 0 Å². The number of carbonyl (C=O) groups excluding carboxylic acids is 1. The van der Waals surface area contributed by atoms with Crippen molar-refractivity contribution in [2.24, 2.45) is 5.41 Å². The number of hydrogen-bond acceptors (Lipinski definition) is 3. The number of amides is 2. The lowest BCUT2D eigenvalue weighted by Crippen LogP contribution is -2.60. The highest BCUT2D eigenvalue weighted by molar-refractivity contribution is 9.10. The minimum absolute atomic E-state index is 0.0878. The Hall–Kier alpha value is -2.42. The molecule has 0 aliphatic carbocycles. The molecule has 2 heterocycles. The van der Waals surface area contributed by atoms with Crippen LogP contribution >= 0.6 is 15.9 Å². The molecule has 0 spiro atoms. The molecule has 1 aromatic carbocycles. The number of carboxylic acid groups (broad SMARTS) is 1. The number of carbonyl (C=O) groups is 2. The van der Waals surface area contributed by atoms with E-state index in [1.807, 2.05) is 27.7 Å². The number of nitrogens with zero attached hydrogens (tertiary/aromatic N) is 4. The second-order valence-electron chi connectivity index (χ2n) is 8.59. The number of halogens is 2. The largest absolute Gasteiger partial charge is 0.465 e. The van der Waals surface area contributed by atoms with Gasteiger partial charge in [-0.15, -0.1) is 0 Å². The highest BCUT2D eigenvalue weighted by Crippen LogP contribution is 2.30. The fourth-order valence-corrected chi connectivity index (χ4v) is 4.43. The number of hydrogen-bond donors (Lipinski definition) is 1. The van der Waals surface area contributed by atoms with Crippen molar-refractivity contribution < 1.29 is 19.1 Å². The SMILES string of the molecule is Cc1nc(-c2ccc(F)cc2)c(Br)n1CC(=O)N1CCN(C(=O)O)C(C(C)(C)C)C1. The first kappa shape index (κ1) is 22.3. The average molecular weight is 481 g/mol. The minimum Gasteiger partial charge on any atom is -0.465 e. The van der Waals surface area contributed by atoms with Crippen LogP contribution < -0.4 is 0 Å². The molecule has 7 nitrogen and oxygen atoms in total. The first-order valence-electron chi connectivity index (χ1n) is 9.75. The monoisotopic (exact) mass is 480 g/mol. The van der Waals surface area contributed by atoms with E-state index in [1.54, 1.807) is 21.6 Å². The lowest BCUT2D eigenvalue weighted by molar-refractivity contribution is -0.135. The molecule has 1 aromatic heterocycles. The van der Waals surface area contributed by atoms with Gasteiger partial charge in [-0.1, -0.05) is 20.8 Å². The topological polar surface area (TPSA) is 78.7 Å². The molecule has 1 fully saturated rings. The van der Waals surface area contributed by atoms with Crippen LogP contribution in [0.4, 0.5) is 9.18 Å². The summed E-state index contributed by atoms with van der Waals surface area (Å²) in [4.78, 5) is 32.3. The van der Waals surface area contributed by atoms with Crippen molar-refractivity contribution in [1.29, 1.82) is 0 Å².